The fourth-order valence-corrected chi connectivity index (χ4v) is 1.88. The molecule has 1 aliphatic rings. The summed E-state index contributed by atoms with van der Waals surface area (Å²) >= 11 is 0. The fourth-order valence-electron chi connectivity index (χ4n) is 1.88. The van der Waals surface area contributed by atoms with E-state index in [9.17, 15) is 13.6 Å². The molecule has 0 spiro atoms. The van der Waals surface area contributed by atoms with E-state index in [1.165, 1.54) is 25.3 Å². The summed E-state index contributed by atoms with van der Waals surface area (Å²) in [5, 5.41) is 0. The normalized spacial score (nSPS) is 21.6. The van der Waals surface area contributed by atoms with Crippen molar-refractivity contribution in [3.8, 4) is 0 Å². The van der Waals surface area contributed by atoms with Crippen LogP contribution in [0.4, 0.5) is 8.78 Å². The van der Waals surface area contributed by atoms with E-state index in [4.69, 9.17) is 5.73 Å². The molecule has 0 heterocycles. The first-order chi connectivity index (χ1) is 7.45. The van der Waals surface area contributed by atoms with Crippen LogP contribution in [0.5, 0.6) is 0 Å². The van der Waals surface area contributed by atoms with Crippen LogP contribution >= 0.6 is 0 Å². The van der Waals surface area contributed by atoms with Crippen molar-refractivity contribution in [2.75, 3.05) is 7.11 Å². The zero-order valence-electron chi connectivity index (χ0n) is 8.67. The van der Waals surface area contributed by atoms with Crippen LogP contribution in [0.3, 0.4) is 0 Å². The smallest absolute Gasteiger partial charge is 0.337 e. The minimum atomic E-state index is -2.93. The van der Waals surface area contributed by atoms with Crippen LogP contribution in [0.2, 0.25) is 0 Å². The molecule has 0 aliphatic heterocycles. The summed E-state index contributed by atoms with van der Waals surface area (Å²) < 4.78 is 31.1. The average molecular weight is 227 g/mol. The van der Waals surface area contributed by atoms with Crippen LogP contribution in [0.1, 0.15) is 27.5 Å². The van der Waals surface area contributed by atoms with E-state index < -0.39 is 17.9 Å². The zero-order valence-corrected chi connectivity index (χ0v) is 8.67. The molecule has 0 saturated heterocycles. The van der Waals surface area contributed by atoms with E-state index in [0.29, 0.717) is 11.1 Å². The molecular formula is C11H11F2NO2. The first-order valence-electron chi connectivity index (χ1n) is 4.80. The number of carbonyl (C=O) groups excluding carboxylic acids is 1. The van der Waals surface area contributed by atoms with Gasteiger partial charge < -0.3 is 10.5 Å². The molecule has 0 aromatic heterocycles. The number of rotatable bonds is 1. The van der Waals surface area contributed by atoms with E-state index in [1.807, 2.05) is 0 Å². The number of benzene rings is 1. The first kappa shape index (κ1) is 11.0. The van der Waals surface area contributed by atoms with Gasteiger partial charge in [0.25, 0.3) is 5.92 Å². The maximum absolute atomic E-state index is 13.3. The summed E-state index contributed by atoms with van der Waals surface area (Å²) in [7, 11) is 1.24. The van der Waals surface area contributed by atoms with Crippen LogP contribution in [0.25, 0.3) is 0 Å². The molecule has 2 rings (SSSR count). The van der Waals surface area contributed by atoms with Gasteiger partial charge in [-0.05, 0) is 23.3 Å². The molecule has 0 amide bonds. The summed E-state index contributed by atoms with van der Waals surface area (Å²) in [6, 6.07) is 3.01. The number of esters is 1. The Labute approximate surface area is 91.2 Å². The molecule has 16 heavy (non-hydrogen) atoms. The Bertz CT molecular complexity index is 446. The second kappa shape index (κ2) is 3.52. The number of nitrogens with two attached hydrogens (primary N) is 1. The third kappa shape index (κ3) is 1.57. The van der Waals surface area contributed by atoms with Gasteiger partial charge in [-0.25, -0.2) is 13.6 Å². The summed E-state index contributed by atoms with van der Waals surface area (Å²) in [5.74, 6) is -3.48. The molecule has 1 aromatic carbocycles. The van der Waals surface area contributed by atoms with Gasteiger partial charge in [0.15, 0.2) is 0 Å². The summed E-state index contributed by atoms with van der Waals surface area (Å²) in [5.41, 5.74) is 6.49. The zero-order chi connectivity index (χ0) is 11.9. The fraction of sp³-hybridized carbons (Fsp3) is 0.364. The van der Waals surface area contributed by atoms with E-state index in [0.717, 1.165) is 0 Å². The van der Waals surface area contributed by atoms with Crippen molar-refractivity contribution in [2.24, 2.45) is 5.73 Å². The summed E-state index contributed by atoms with van der Waals surface area (Å²) in [6.07, 6.45) is -0.370. The molecule has 0 saturated carbocycles. The van der Waals surface area contributed by atoms with Crippen molar-refractivity contribution in [3.05, 3.63) is 34.9 Å². The molecule has 0 fully saturated rings. The van der Waals surface area contributed by atoms with Gasteiger partial charge in [-0.2, -0.15) is 0 Å². The van der Waals surface area contributed by atoms with Gasteiger partial charge in [0, 0.05) is 6.42 Å². The highest BCUT2D eigenvalue weighted by molar-refractivity contribution is 5.89. The first-order valence-corrected chi connectivity index (χ1v) is 4.80. The Kier molecular flexibility index (Phi) is 2.42. The van der Waals surface area contributed by atoms with Crippen LogP contribution in [0.15, 0.2) is 18.2 Å². The third-order valence-corrected chi connectivity index (χ3v) is 2.78. The topological polar surface area (TPSA) is 52.3 Å². The SMILES string of the molecule is COC(=O)c1ccc2c(c1)C(N)C(F)(F)C2. The number of halogens is 2. The highest BCUT2D eigenvalue weighted by Crippen LogP contribution is 2.41. The lowest BCUT2D eigenvalue weighted by Crippen LogP contribution is -2.28. The molecule has 3 nitrogen and oxygen atoms in total. The average Bonchev–Trinajstić information content (AvgIpc) is 2.48. The lowest BCUT2D eigenvalue weighted by atomic mass is 10.0. The summed E-state index contributed by atoms with van der Waals surface area (Å²) in [6.45, 7) is 0. The van der Waals surface area contributed by atoms with Crippen molar-refractivity contribution in [3.63, 3.8) is 0 Å². The predicted octanol–water partition coefficient (Wildman–Crippen LogP) is 1.66. The number of fused-ring (bicyclic) bond motifs is 1. The van der Waals surface area contributed by atoms with E-state index >= 15 is 0 Å². The second-order valence-electron chi connectivity index (χ2n) is 3.82. The van der Waals surface area contributed by atoms with Crippen LogP contribution in [-0.4, -0.2) is 19.0 Å². The number of alkyl halides is 2. The van der Waals surface area contributed by atoms with Gasteiger partial charge in [-0.3, -0.25) is 0 Å². The van der Waals surface area contributed by atoms with Crippen molar-refractivity contribution < 1.29 is 18.3 Å². The second-order valence-corrected chi connectivity index (χ2v) is 3.82. The molecule has 0 radical (unpaired) electrons. The van der Waals surface area contributed by atoms with Crippen molar-refractivity contribution in [1.82, 2.24) is 0 Å². The van der Waals surface area contributed by atoms with Gasteiger partial charge in [0.05, 0.1) is 18.7 Å². The van der Waals surface area contributed by atoms with Crippen molar-refractivity contribution in [2.45, 2.75) is 18.4 Å². The molecule has 1 atom stereocenters. The van der Waals surface area contributed by atoms with Crippen LogP contribution in [0, 0.1) is 0 Å². The highest BCUT2D eigenvalue weighted by atomic mass is 19.3. The number of ether oxygens (including phenoxy) is 1. The number of hydrogen-bond donors (Lipinski definition) is 1. The quantitative estimate of drug-likeness (QED) is 0.742. The number of carbonyl (C=O) groups is 1. The minimum absolute atomic E-state index is 0.245. The van der Waals surface area contributed by atoms with Gasteiger partial charge >= 0.3 is 5.97 Å². The molecule has 5 heteroatoms. The number of methoxy groups -OCH3 is 1. The van der Waals surface area contributed by atoms with Gasteiger partial charge in [0.2, 0.25) is 0 Å². The Morgan fingerprint density at radius 1 is 1.56 bits per heavy atom. The summed E-state index contributed by atoms with van der Waals surface area (Å²) in [4.78, 5) is 11.2. The minimum Gasteiger partial charge on any atom is -0.465 e. The largest absolute Gasteiger partial charge is 0.465 e. The highest BCUT2D eigenvalue weighted by Gasteiger charge is 2.45. The lowest BCUT2D eigenvalue weighted by Gasteiger charge is -2.14. The Morgan fingerprint density at radius 2 is 2.25 bits per heavy atom. The Balaban J connectivity index is 2.43. The van der Waals surface area contributed by atoms with E-state index in [-0.39, 0.29) is 12.0 Å². The molecule has 2 N–H and O–H groups in total. The molecular weight excluding hydrogens is 216 g/mol. The Hall–Kier alpha value is -1.49. The predicted molar refractivity (Wildman–Crippen MR) is 53.4 cm³/mol. The number of hydrogen-bond acceptors (Lipinski definition) is 3. The monoisotopic (exact) mass is 227 g/mol. The molecule has 0 bridgehead atoms. The maximum atomic E-state index is 13.3. The van der Waals surface area contributed by atoms with Gasteiger partial charge in [0.1, 0.15) is 0 Å². The van der Waals surface area contributed by atoms with Crippen LogP contribution in [-0.2, 0) is 11.2 Å². The van der Waals surface area contributed by atoms with E-state index in [2.05, 4.69) is 4.74 Å². The molecule has 1 unspecified atom stereocenters. The third-order valence-electron chi connectivity index (χ3n) is 2.78. The molecule has 86 valence electrons. The van der Waals surface area contributed by atoms with Crippen molar-refractivity contribution in [1.29, 1.82) is 0 Å². The molecule has 1 aliphatic carbocycles. The van der Waals surface area contributed by atoms with Crippen molar-refractivity contribution >= 4 is 5.97 Å². The lowest BCUT2D eigenvalue weighted by molar-refractivity contribution is -0.0135. The molecule has 1 aromatic rings. The van der Waals surface area contributed by atoms with Gasteiger partial charge in [-0.1, -0.05) is 6.07 Å². The maximum Gasteiger partial charge on any atom is 0.337 e. The van der Waals surface area contributed by atoms with E-state index in [1.54, 1.807) is 0 Å². The van der Waals surface area contributed by atoms with Gasteiger partial charge in [-0.15, -0.1) is 0 Å². The van der Waals surface area contributed by atoms with Crippen LogP contribution < -0.4 is 5.73 Å². The Morgan fingerprint density at radius 3 is 2.88 bits per heavy atom. The standard InChI is InChI=1S/C11H11F2NO2/c1-16-10(15)6-2-3-7-5-11(12,13)9(14)8(7)4-6/h2-4,9H,5,14H2,1H3.